The van der Waals surface area contributed by atoms with E-state index in [0.29, 0.717) is 0 Å². The number of hydrogen-bond acceptors (Lipinski definition) is 4. The summed E-state index contributed by atoms with van der Waals surface area (Å²) in [5.41, 5.74) is 28.1. The van der Waals surface area contributed by atoms with Crippen molar-refractivity contribution in [3.63, 3.8) is 0 Å². The van der Waals surface area contributed by atoms with E-state index in [0.717, 1.165) is 122 Å². The molecule has 117 heavy (non-hydrogen) atoms. The van der Waals surface area contributed by atoms with E-state index in [-0.39, 0.29) is 0 Å². The van der Waals surface area contributed by atoms with Crippen molar-refractivity contribution in [2.45, 2.75) is 0 Å². The van der Waals surface area contributed by atoms with E-state index >= 15 is 0 Å². The molecule has 27 aromatic rings. The Labute approximate surface area is 666 Å². The molecular weight excluding hydrogens is 1420 g/mol. The van der Waals surface area contributed by atoms with Crippen LogP contribution in [0, 0.1) is 0 Å². The molecule has 0 unspecified atom stereocenters. The average molecular weight is 1480 g/mol. The Hall–Kier alpha value is -15.8. The molecule has 9 heteroatoms. The molecule has 0 saturated carbocycles. The Morgan fingerprint density at radius 1 is 0.179 bits per heavy atom. The molecule has 18 aromatic carbocycles. The van der Waals surface area contributed by atoms with Gasteiger partial charge in [-0.05, 0) is 130 Å². The Balaban J connectivity index is 0.575. The van der Waals surface area contributed by atoms with Crippen LogP contribution in [0.1, 0.15) is 0 Å². The minimum absolute atomic E-state index is 0.805. The molecule has 9 aromatic heterocycles. The first-order valence-electron chi connectivity index (χ1n) is 40.1. The van der Waals surface area contributed by atoms with Crippen LogP contribution in [0.15, 0.2) is 370 Å². The SMILES string of the molecule is c1ccc(-n2c3ccccc3c3cc(-c4nc5ccccc5nc4-c4ccc(-n5c6c7ccccc7ccc6c6cc7c8ccc(-c9cccc(-c%10ccc(-c%11nnc(-n%12c%13c%14ccccc%14ccc%13c%13cc%14c%15ccccc%15n%15c%16ccccc%16c(c%13%12)c%14%15)c%12ccccc%11%12)cc%10)c9)cc8n8c9ccccc9c(c65)c78)cc4)ccc32)cc1. The van der Waals surface area contributed by atoms with Crippen LogP contribution in [0.4, 0.5) is 0 Å². The van der Waals surface area contributed by atoms with Gasteiger partial charge in [-0.3, -0.25) is 4.57 Å². The van der Waals surface area contributed by atoms with E-state index in [9.17, 15) is 0 Å². The Kier molecular flexibility index (Phi) is 12.6. The Morgan fingerprint density at radius 3 is 1.26 bits per heavy atom. The van der Waals surface area contributed by atoms with Gasteiger partial charge < -0.3 is 17.9 Å². The highest BCUT2D eigenvalue weighted by atomic mass is 15.2. The molecular formula is C108H61N9. The predicted octanol–water partition coefficient (Wildman–Crippen LogP) is 27.8. The van der Waals surface area contributed by atoms with Crippen molar-refractivity contribution in [3.05, 3.63) is 370 Å². The second-order valence-electron chi connectivity index (χ2n) is 31.5. The third-order valence-corrected chi connectivity index (χ3v) is 25.6. The Bertz CT molecular complexity index is 9010. The monoisotopic (exact) mass is 1480 g/mol. The van der Waals surface area contributed by atoms with Crippen LogP contribution in [-0.4, -0.2) is 42.7 Å². The third-order valence-electron chi connectivity index (χ3n) is 25.6. The fourth-order valence-corrected chi connectivity index (χ4v) is 20.5. The molecule has 0 radical (unpaired) electrons. The van der Waals surface area contributed by atoms with Crippen molar-refractivity contribution >= 4 is 185 Å². The zero-order valence-electron chi connectivity index (χ0n) is 62.7. The van der Waals surface area contributed by atoms with Gasteiger partial charge in [0.1, 0.15) is 5.69 Å². The lowest BCUT2D eigenvalue weighted by atomic mass is 9.96. The fraction of sp³-hybridized carbons (Fsp3) is 0. The molecule has 9 heterocycles. The van der Waals surface area contributed by atoms with Gasteiger partial charge in [0.05, 0.1) is 88.6 Å². The summed E-state index contributed by atoms with van der Waals surface area (Å²) < 4.78 is 12.4. The van der Waals surface area contributed by atoms with Crippen molar-refractivity contribution in [2.24, 2.45) is 0 Å². The van der Waals surface area contributed by atoms with Crippen molar-refractivity contribution in [1.82, 2.24) is 42.7 Å². The van der Waals surface area contributed by atoms with Gasteiger partial charge in [0.2, 0.25) is 0 Å². The first kappa shape index (κ1) is 62.8. The van der Waals surface area contributed by atoms with Gasteiger partial charge in [0.15, 0.2) is 5.82 Å². The van der Waals surface area contributed by atoms with E-state index in [1.54, 1.807) is 0 Å². The summed E-state index contributed by atoms with van der Waals surface area (Å²) in [5, 5.41) is 34.5. The molecule has 538 valence electrons. The van der Waals surface area contributed by atoms with E-state index in [1.165, 1.54) is 136 Å². The van der Waals surface area contributed by atoms with Crippen molar-refractivity contribution in [3.8, 4) is 73.2 Å². The summed E-state index contributed by atoms with van der Waals surface area (Å²) in [7, 11) is 0. The van der Waals surface area contributed by atoms with Crippen molar-refractivity contribution in [2.75, 3.05) is 0 Å². The van der Waals surface area contributed by atoms with Crippen molar-refractivity contribution in [1.29, 1.82) is 0 Å². The number of rotatable bonds is 8. The largest absolute Gasteiger partial charge is 0.309 e. The molecule has 0 amide bonds. The molecule has 0 atom stereocenters. The standard InChI is InChI=1S/C108H61N9/c1-2-25-71(26-3-1)113-91-37-16-10-29-75(91)84-58-70(50-56-95(84)113)101-100(109-89-35-14-15-36-90(89)110-101)66-45-51-72(52-46-66)114-102-73-27-6-4-21-63(73)47-54-79(102)87-61-86-77-53-49-69(59-96(77)116-94-40-19-13-34-83(94)97(104(87)114)106(86)116)68-24-20-23-67(57-68)62-41-43-65(44-42-62)99-78-31-8-9-32-81(78)108(112-111-99)117-103-74-28-7-5-22-64(74)48-55-80(103)88-60-85-76-30-11-17-38-92(76)115-93-39-18-12-33-82(93)98(105(85)115)107(88)117/h1-61H. The van der Waals surface area contributed by atoms with Crippen LogP contribution in [-0.2, 0) is 0 Å². The van der Waals surface area contributed by atoms with Gasteiger partial charge in [-0.15, -0.1) is 10.2 Å². The van der Waals surface area contributed by atoms with Gasteiger partial charge in [0.25, 0.3) is 0 Å². The first-order chi connectivity index (χ1) is 58.1. The molecule has 9 nitrogen and oxygen atoms in total. The number of para-hydroxylation sites is 7. The summed E-state index contributed by atoms with van der Waals surface area (Å²) in [5.74, 6) is 0.805. The highest BCUT2D eigenvalue weighted by Crippen LogP contribution is 2.52. The molecule has 0 aliphatic rings. The molecule has 0 fully saturated rings. The van der Waals surface area contributed by atoms with Gasteiger partial charge in [-0.25, -0.2) is 9.97 Å². The van der Waals surface area contributed by atoms with Crippen LogP contribution in [0.3, 0.4) is 0 Å². The molecule has 0 N–H and O–H groups in total. The van der Waals surface area contributed by atoms with Gasteiger partial charge in [-0.2, -0.15) is 0 Å². The second kappa shape index (κ2) is 23.4. The third kappa shape index (κ3) is 8.59. The lowest BCUT2D eigenvalue weighted by Crippen LogP contribution is -2.03. The molecule has 0 aliphatic heterocycles. The summed E-state index contributed by atoms with van der Waals surface area (Å²) >= 11 is 0. The molecule has 0 spiro atoms. The summed E-state index contributed by atoms with van der Waals surface area (Å²) in [6.07, 6.45) is 0. The highest BCUT2D eigenvalue weighted by molar-refractivity contribution is 6.38. The van der Waals surface area contributed by atoms with Gasteiger partial charge in [-0.1, -0.05) is 273 Å². The fourth-order valence-electron chi connectivity index (χ4n) is 20.5. The molecule has 0 aliphatic carbocycles. The zero-order chi connectivity index (χ0) is 76.0. The maximum absolute atomic E-state index is 5.49. The van der Waals surface area contributed by atoms with E-state index in [1.807, 2.05) is 12.1 Å². The minimum atomic E-state index is 0.805. The zero-order valence-corrected chi connectivity index (χ0v) is 62.7. The summed E-state index contributed by atoms with van der Waals surface area (Å²) in [6.45, 7) is 0. The lowest BCUT2D eigenvalue weighted by Gasteiger charge is -2.14. The van der Waals surface area contributed by atoms with Gasteiger partial charge in [0, 0.05) is 125 Å². The second-order valence-corrected chi connectivity index (χ2v) is 31.5. The van der Waals surface area contributed by atoms with Crippen molar-refractivity contribution < 1.29 is 0 Å². The summed E-state index contributed by atoms with van der Waals surface area (Å²) in [6, 6.07) is 136. The Morgan fingerprint density at radius 2 is 0.607 bits per heavy atom. The van der Waals surface area contributed by atoms with E-state index < -0.39 is 0 Å². The van der Waals surface area contributed by atoms with E-state index in [4.69, 9.17) is 20.2 Å². The topological polar surface area (TPSA) is 75.2 Å². The highest BCUT2D eigenvalue weighted by Gasteiger charge is 2.30. The number of nitrogens with zero attached hydrogens (tertiary/aromatic N) is 9. The van der Waals surface area contributed by atoms with E-state index in [2.05, 4.69) is 380 Å². The smallest absolute Gasteiger partial charge is 0.168 e. The first-order valence-corrected chi connectivity index (χ1v) is 40.1. The van der Waals surface area contributed by atoms with Crippen LogP contribution in [0.25, 0.3) is 258 Å². The summed E-state index contributed by atoms with van der Waals surface area (Å²) in [4.78, 5) is 11.0. The quantitative estimate of drug-likeness (QED) is 0.152. The van der Waals surface area contributed by atoms with Crippen LogP contribution in [0.5, 0.6) is 0 Å². The van der Waals surface area contributed by atoms with Crippen LogP contribution in [0.2, 0.25) is 0 Å². The number of benzene rings is 18. The van der Waals surface area contributed by atoms with Crippen LogP contribution >= 0.6 is 0 Å². The number of hydrogen-bond donors (Lipinski definition) is 0. The predicted molar refractivity (Wildman–Crippen MR) is 487 cm³/mol. The maximum Gasteiger partial charge on any atom is 0.168 e. The number of aromatic nitrogens is 9. The maximum atomic E-state index is 5.49. The molecule has 0 bridgehead atoms. The molecule has 27 rings (SSSR count). The molecule has 0 saturated heterocycles. The van der Waals surface area contributed by atoms with Gasteiger partial charge >= 0.3 is 0 Å². The van der Waals surface area contributed by atoms with Crippen LogP contribution < -0.4 is 0 Å². The lowest BCUT2D eigenvalue weighted by molar-refractivity contribution is 0.980. The average Bonchev–Trinajstić information content (AvgIpc) is 1.51. The minimum Gasteiger partial charge on any atom is -0.309 e. The number of fused-ring (bicyclic) bond motifs is 29. The normalized spacial score (nSPS) is 12.4.